The van der Waals surface area contributed by atoms with Gasteiger partial charge in [-0.3, -0.25) is 14.9 Å². The Morgan fingerprint density at radius 3 is 2.68 bits per heavy atom. The number of nitrogens with two attached hydrogens (primary N) is 1. The Labute approximate surface area is 143 Å². The summed E-state index contributed by atoms with van der Waals surface area (Å²) in [6.45, 7) is -0.183. The standard InChI is InChI=1S/C18H17N3O4/c19-15(9-13-10-20-16-7-3-2-6-14(13)16)18(22)25-11-12-5-1-4-8-17(12)21(23)24/h1-8,10,15,20H,9,11,19H2. The Balaban J connectivity index is 1.64. The number of rotatable bonds is 6. The number of nitro benzene ring substituents is 1. The zero-order valence-electron chi connectivity index (χ0n) is 13.3. The molecule has 3 N–H and O–H groups in total. The van der Waals surface area contributed by atoms with Gasteiger partial charge in [0.15, 0.2) is 0 Å². The molecule has 0 saturated heterocycles. The number of aromatic nitrogens is 1. The lowest BCUT2D eigenvalue weighted by molar-refractivity contribution is -0.385. The summed E-state index contributed by atoms with van der Waals surface area (Å²) in [7, 11) is 0. The van der Waals surface area contributed by atoms with E-state index in [1.807, 2.05) is 30.5 Å². The number of ether oxygens (including phenoxy) is 1. The van der Waals surface area contributed by atoms with E-state index in [-0.39, 0.29) is 12.3 Å². The molecule has 0 aliphatic rings. The van der Waals surface area contributed by atoms with Gasteiger partial charge in [0.25, 0.3) is 5.69 Å². The first-order valence-electron chi connectivity index (χ1n) is 7.76. The van der Waals surface area contributed by atoms with Crippen LogP contribution in [0.3, 0.4) is 0 Å². The molecular weight excluding hydrogens is 322 g/mol. The molecule has 0 radical (unpaired) electrons. The number of benzene rings is 2. The molecule has 1 heterocycles. The first-order valence-corrected chi connectivity index (χ1v) is 7.76. The predicted octanol–water partition coefficient (Wildman–Crippen LogP) is 2.69. The van der Waals surface area contributed by atoms with Gasteiger partial charge in [0.2, 0.25) is 0 Å². The SMILES string of the molecule is NC(Cc1c[nH]c2ccccc12)C(=O)OCc1ccccc1[N+](=O)[O-]. The highest BCUT2D eigenvalue weighted by molar-refractivity contribution is 5.84. The first-order chi connectivity index (χ1) is 12.1. The second-order valence-electron chi connectivity index (χ2n) is 5.66. The summed E-state index contributed by atoms with van der Waals surface area (Å²) in [6, 6.07) is 13.0. The van der Waals surface area contributed by atoms with Crippen LogP contribution in [0.2, 0.25) is 0 Å². The normalized spacial score (nSPS) is 12.0. The van der Waals surface area contributed by atoms with E-state index in [0.29, 0.717) is 12.0 Å². The monoisotopic (exact) mass is 339 g/mol. The van der Waals surface area contributed by atoms with Gasteiger partial charge in [-0.25, -0.2) is 0 Å². The van der Waals surface area contributed by atoms with Crippen LogP contribution in [0.5, 0.6) is 0 Å². The smallest absolute Gasteiger partial charge is 0.323 e. The highest BCUT2D eigenvalue weighted by Crippen LogP contribution is 2.20. The molecule has 1 atom stereocenters. The molecule has 0 fully saturated rings. The molecule has 0 bridgehead atoms. The fraction of sp³-hybridized carbons (Fsp3) is 0.167. The van der Waals surface area contributed by atoms with Gasteiger partial charge >= 0.3 is 5.97 Å². The summed E-state index contributed by atoms with van der Waals surface area (Å²) in [5.41, 5.74) is 8.08. The van der Waals surface area contributed by atoms with Crippen LogP contribution >= 0.6 is 0 Å². The quantitative estimate of drug-likeness (QED) is 0.407. The molecule has 7 heteroatoms. The number of fused-ring (bicyclic) bond motifs is 1. The van der Waals surface area contributed by atoms with Gasteiger partial charge in [-0.05, 0) is 17.7 Å². The molecule has 0 aliphatic heterocycles. The Kier molecular flexibility index (Phi) is 4.76. The van der Waals surface area contributed by atoms with Crippen molar-refractivity contribution in [1.82, 2.24) is 4.98 Å². The van der Waals surface area contributed by atoms with E-state index in [1.165, 1.54) is 6.07 Å². The molecule has 25 heavy (non-hydrogen) atoms. The number of aromatic amines is 1. The summed E-state index contributed by atoms with van der Waals surface area (Å²) in [4.78, 5) is 25.7. The number of nitrogens with one attached hydrogen (secondary N) is 1. The average molecular weight is 339 g/mol. The minimum Gasteiger partial charge on any atom is -0.459 e. The molecule has 7 nitrogen and oxygen atoms in total. The van der Waals surface area contributed by atoms with Crippen LogP contribution in [0.25, 0.3) is 10.9 Å². The van der Waals surface area contributed by atoms with Crippen LogP contribution in [-0.4, -0.2) is 21.9 Å². The maximum atomic E-state index is 12.1. The minimum atomic E-state index is -0.845. The maximum absolute atomic E-state index is 12.1. The Morgan fingerprint density at radius 2 is 1.88 bits per heavy atom. The van der Waals surface area contributed by atoms with Gasteiger partial charge in [0.05, 0.1) is 10.5 Å². The highest BCUT2D eigenvalue weighted by atomic mass is 16.6. The number of para-hydroxylation sites is 2. The van der Waals surface area contributed by atoms with Crippen molar-refractivity contribution in [1.29, 1.82) is 0 Å². The molecule has 1 unspecified atom stereocenters. The summed E-state index contributed by atoms with van der Waals surface area (Å²) < 4.78 is 5.16. The van der Waals surface area contributed by atoms with Crippen LogP contribution < -0.4 is 5.73 Å². The molecule has 3 rings (SSSR count). The number of carbonyl (C=O) groups is 1. The Bertz CT molecular complexity index is 919. The number of H-pyrrole nitrogens is 1. The molecule has 1 aromatic heterocycles. The second kappa shape index (κ2) is 7.14. The number of nitro groups is 1. The van der Waals surface area contributed by atoms with Crippen molar-refractivity contribution in [3.63, 3.8) is 0 Å². The second-order valence-corrected chi connectivity index (χ2v) is 5.66. The van der Waals surface area contributed by atoms with Gasteiger partial charge < -0.3 is 15.5 Å². The largest absolute Gasteiger partial charge is 0.459 e. The van der Waals surface area contributed by atoms with Crippen LogP contribution in [0, 0.1) is 10.1 Å². The van der Waals surface area contributed by atoms with Crippen LogP contribution in [0.15, 0.2) is 54.7 Å². The van der Waals surface area contributed by atoms with E-state index in [0.717, 1.165) is 16.5 Å². The van der Waals surface area contributed by atoms with Crippen molar-refractivity contribution < 1.29 is 14.5 Å². The van der Waals surface area contributed by atoms with Crippen molar-refractivity contribution in [3.05, 3.63) is 76.0 Å². The molecule has 0 aliphatic carbocycles. The van der Waals surface area contributed by atoms with Crippen molar-refractivity contribution in [3.8, 4) is 0 Å². The van der Waals surface area contributed by atoms with Crippen LogP contribution in [-0.2, 0) is 22.6 Å². The number of esters is 1. The molecular formula is C18H17N3O4. The molecule has 3 aromatic rings. The summed E-state index contributed by atoms with van der Waals surface area (Å²) in [6.07, 6.45) is 2.14. The van der Waals surface area contributed by atoms with E-state index in [4.69, 9.17) is 10.5 Å². The maximum Gasteiger partial charge on any atom is 0.323 e. The third kappa shape index (κ3) is 3.67. The van der Waals surface area contributed by atoms with E-state index < -0.39 is 16.9 Å². The van der Waals surface area contributed by atoms with Gasteiger partial charge in [0, 0.05) is 29.6 Å². The molecule has 128 valence electrons. The Morgan fingerprint density at radius 1 is 1.16 bits per heavy atom. The highest BCUT2D eigenvalue weighted by Gasteiger charge is 2.20. The third-order valence-electron chi connectivity index (χ3n) is 3.98. The predicted molar refractivity (Wildman–Crippen MR) is 92.9 cm³/mol. The number of nitrogens with zero attached hydrogens (tertiary/aromatic N) is 1. The van der Waals surface area contributed by atoms with E-state index in [2.05, 4.69) is 4.98 Å². The zero-order valence-corrected chi connectivity index (χ0v) is 13.3. The fourth-order valence-electron chi connectivity index (χ4n) is 2.69. The average Bonchev–Trinajstić information content (AvgIpc) is 3.03. The molecule has 0 amide bonds. The van der Waals surface area contributed by atoms with Gasteiger partial charge in [0.1, 0.15) is 12.6 Å². The lowest BCUT2D eigenvalue weighted by Gasteiger charge is -2.11. The summed E-state index contributed by atoms with van der Waals surface area (Å²) in [5, 5.41) is 12.0. The van der Waals surface area contributed by atoms with Gasteiger partial charge in [-0.15, -0.1) is 0 Å². The van der Waals surface area contributed by atoms with Crippen molar-refractivity contribution in [2.45, 2.75) is 19.1 Å². The van der Waals surface area contributed by atoms with Crippen LogP contribution in [0.4, 0.5) is 5.69 Å². The van der Waals surface area contributed by atoms with E-state index in [9.17, 15) is 14.9 Å². The minimum absolute atomic E-state index is 0.0829. The molecule has 0 saturated carbocycles. The number of carbonyl (C=O) groups excluding carboxylic acids is 1. The zero-order chi connectivity index (χ0) is 17.8. The first kappa shape index (κ1) is 16.7. The summed E-state index contributed by atoms with van der Waals surface area (Å²) >= 11 is 0. The molecule has 0 spiro atoms. The van der Waals surface area contributed by atoms with E-state index >= 15 is 0 Å². The van der Waals surface area contributed by atoms with Crippen LogP contribution in [0.1, 0.15) is 11.1 Å². The van der Waals surface area contributed by atoms with Crippen molar-refractivity contribution in [2.75, 3.05) is 0 Å². The van der Waals surface area contributed by atoms with Gasteiger partial charge in [-0.1, -0.05) is 30.3 Å². The third-order valence-corrected chi connectivity index (χ3v) is 3.98. The van der Waals surface area contributed by atoms with Gasteiger partial charge in [-0.2, -0.15) is 0 Å². The van der Waals surface area contributed by atoms with Crippen molar-refractivity contribution in [2.24, 2.45) is 5.73 Å². The topological polar surface area (TPSA) is 111 Å². The Hall–Kier alpha value is -3.19. The molecule has 2 aromatic carbocycles. The fourth-order valence-corrected chi connectivity index (χ4v) is 2.69. The lowest BCUT2D eigenvalue weighted by Crippen LogP contribution is -2.34. The van der Waals surface area contributed by atoms with Crippen molar-refractivity contribution >= 4 is 22.6 Å². The number of hydrogen-bond acceptors (Lipinski definition) is 5. The number of hydrogen-bond donors (Lipinski definition) is 2. The summed E-state index contributed by atoms with van der Waals surface area (Å²) in [5.74, 6) is -0.594. The van der Waals surface area contributed by atoms with E-state index in [1.54, 1.807) is 18.2 Å². The lowest BCUT2D eigenvalue weighted by atomic mass is 10.1.